The zero-order valence-corrected chi connectivity index (χ0v) is 24.3. The van der Waals surface area contributed by atoms with E-state index in [1.807, 2.05) is 57.2 Å². The molecule has 1 saturated carbocycles. The van der Waals surface area contributed by atoms with E-state index in [4.69, 9.17) is 27.9 Å². The third-order valence-corrected chi connectivity index (χ3v) is 8.03. The molecule has 1 atom stereocenters. The molecule has 7 heteroatoms. The van der Waals surface area contributed by atoms with Crippen LogP contribution in [0.5, 0.6) is 5.75 Å². The molecule has 1 N–H and O–H groups in total. The van der Waals surface area contributed by atoms with Crippen LogP contribution in [0.15, 0.2) is 60.7 Å². The lowest BCUT2D eigenvalue weighted by Gasteiger charge is -2.32. The summed E-state index contributed by atoms with van der Waals surface area (Å²) in [5.74, 6) is 0.217. The van der Waals surface area contributed by atoms with Gasteiger partial charge in [-0.05, 0) is 79.6 Å². The maximum absolute atomic E-state index is 13.9. The van der Waals surface area contributed by atoms with Crippen molar-refractivity contribution in [2.45, 2.75) is 71.5 Å². The molecule has 1 unspecified atom stereocenters. The Morgan fingerprint density at radius 1 is 1.00 bits per heavy atom. The minimum atomic E-state index is -0.740. The quantitative estimate of drug-likeness (QED) is 0.287. The molecule has 3 aromatic rings. The van der Waals surface area contributed by atoms with E-state index in [1.54, 1.807) is 23.1 Å². The van der Waals surface area contributed by atoms with Crippen molar-refractivity contribution in [3.05, 3.63) is 98.5 Å². The van der Waals surface area contributed by atoms with Crippen LogP contribution in [0.25, 0.3) is 0 Å². The molecule has 1 aliphatic carbocycles. The zero-order valence-electron chi connectivity index (χ0n) is 22.8. The van der Waals surface area contributed by atoms with Crippen molar-refractivity contribution in [1.29, 1.82) is 0 Å². The molecule has 0 spiro atoms. The molecule has 0 radical (unpaired) electrons. The fourth-order valence-corrected chi connectivity index (χ4v) is 5.60. The second-order valence-electron chi connectivity index (χ2n) is 10.4. The summed E-state index contributed by atoms with van der Waals surface area (Å²) in [7, 11) is 0. The van der Waals surface area contributed by atoms with Gasteiger partial charge in [0.05, 0.1) is 0 Å². The van der Waals surface area contributed by atoms with Crippen molar-refractivity contribution in [3.8, 4) is 5.75 Å². The van der Waals surface area contributed by atoms with E-state index in [1.165, 1.54) is 0 Å². The summed E-state index contributed by atoms with van der Waals surface area (Å²) < 4.78 is 6.06. The van der Waals surface area contributed by atoms with Gasteiger partial charge in [-0.1, -0.05) is 78.5 Å². The van der Waals surface area contributed by atoms with Crippen LogP contribution in [-0.4, -0.2) is 35.4 Å². The molecular weight excluding hydrogens is 531 g/mol. The van der Waals surface area contributed by atoms with Crippen molar-refractivity contribution >= 4 is 35.0 Å². The fraction of sp³-hybridized carbons (Fsp3) is 0.375. The van der Waals surface area contributed by atoms with Crippen LogP contribution in [0, 0.1) is 20.8 Å². The average Bonchev–Trinajstić information content (AvgIpc) is 3.42. The predicted molar refractivity (Wildman–Crippen MR) is 157 cm³/mol. The molecule has 206 valence electrons. The number of nitrogens with zero attached hydrogens (tertiary/aromatic N) is 1. The number of carbonyl (C=O) groups is 2. The minimum Gasteiger partial charge on any atom is -0.483 e. The molecule has 1 fully saturated rings. The highest BCUT2D eigenvalue weighted by Gasteiger charge is 2.33. The number of ether oxygens (including phenoxy) is 1. The second kappa shape index (κ2) is 13.4. The maximum atomic E-state index is 13.9. The molecule has 0 saturated heterocycles. The number of aryl methyl sites for hydroxylation is 2. The Morgan fingerprint density at radius 3 is 2.41 bits per heavy atom. The van der Waals surface area contributed by atoms with Gasteiger partial charge < -0.3 is 15.0 Å². The third kappa shape index (κ3) is 7.77. The number of rotatable bonds is 10. The number of carbonyl (C=O) groups excluding carboxylic acids is 2. The van der Waals surface area contributed by atoms with Crippen LogP contribution in [-0.2, 0) is 22.6 Å². The lowest BCUT2D eigenvalue weighted by atomic mass is 10.0. The molecule has 4 rings (SSSR count). The van der Waals surface area contributed by atoms with Gasteiger partial charge >= 0.3 is 0 Å². The van der Waals surface area contributed by atoms with Gasteiger partial charge in [0.25, 0.3) is 5.91 Å². The molecule has 1 aliphatic rings. The number of amides is 2. The van der Waals surface area contributed by atoms with Crippen LogP contribution in [0.1, 0.15) is 53.5 Å². The summed E-state index contributed by atoms with van der Waals surface area (Å²) >= 11 is 12.7. The van der Waals surface area contributed by atoms with E-state index in [2.05, 4.69) is 11.4 Å². The first-order valence-corrected chi connectivity index (χ1v) is 14.2. The molecule has 0 aliphatic heterocycles. The van der Waals surface area contributed by atoms with Crippen LogP contribution >= 0.6 is 23.2 Å². The van der Waals surface area contributed by atoms with Gasteiger partial charge in [0.15, 0.2) is 6.61 Å². The number of halogens is 2. The molecular formula is C32H36Cl2N2O3. The Hall–Kier alpha value is -3.02. The van der Waals surface area contributed by atoms with Crippen molar-refractivity contribution in [2.24, 2.45) is 0 Å². The summed E-state index contributed by atoms with van der Waals surface area (Å²) in [5, 5.41) is 4.17. The maximum Gasteiger partial charge on any atom is 0.261 e. The van der Waals surface area contributed by atoms with Crippen LogP contribution < -0.4 is 10.1 Å². The van der Waals surface area contributed by atoms with Gasteiger partial charge in [-0.25, -0.2) is 0 Å². The number of hydrogen-bond acceptors (Lipinski definition) is 3. The highest BCUT2D eigenvalue weighted by molar-refractivity contribution is 6.35. The van der Waals surface area contributed by atoms with E-state index in [-0.39, 0.29) is 31.0 Å². The molecule has 3 aromatic carbocycles. The van der Waals surface area contributed by atoms with Crippen LogP contribution in [0.3, 0.4) is 0 Å². The molecule has 0 bridgehead atoms. The normalized spacial score (nSPS) is 14.2. The Bertz CT molecular complexity index is 1310. The Kier molecular flexibility index (Phi) is 9.93. The van der Waals surface area contributed by atoms with E-state index < -0.39 is 6.04 Å². The van der Waals surface area contributed by atoms with Crippen LogP contribution in [0.2, 0.25) is 10.0 Å². The van der Waals surface area contributed by atoms with Crippen molar-refractivity contribution in [3.63, 3.8) is 0 Å². The van der Waals surface area contributed by atoms with Gasteiger partial charge in [-0.3, -0.25) is 9.59 Å². The van der Waals surface area contributed by atoms with Gasteiger partial charge in [-0.2, -0.15) is 0 Å². The molecule has 39 heavy (non-hydrogen) atoms. The molecule has 0 heterocycles. The topological polar surface area (TPSA) is 58.6 Å². The highest BCUT2D eigenvalue weighted by atomic mass is 35.5. The summed E-state index contributed by atoms with van der Waals surface area (Å²) in [6.45, 7) is 5.96. The van der Waals surface area contributed by atoms with Crippen LogP contribution in [0.4, 0.5) is 0 Å². The number of benzene rings is 3. The number of nitrogens with one attached hydrogen (secondary N) is 1. The Labute approximate surface area is 241 Å². The molecule has 2 amide bonds. The standard InChI is InChI=1S/C32H36Cl2N2O3/c1-21-15-22(2)23(3)30(16-21)39-20-31(37)36(19-25-13-14-26(33)18-28(25)34)29(17-24-9-5-4-6-10-24)32(38)35-27-11-7-8-12-27/h4-6,9-10,13-16,18,27,29H,7-8,11-12,17,19-20H2,1-3H3,(H,35,38). The van der Waals surface area contributed by atoms with E-state index in [0.29, 0.717) is 27.8 Å². The van der Waals surface area contributed by atoms with E-state index in [9.17, 15) is 9.59 Å². The lowest BCUT2D eigenvalue weighted by molar-refractivity contribution is -0.143. The van der Waals surface area contributed by atoms with Crippen molar-refractivity contribution in [1.82, 2.24) is 10.2 Å². The van der Waals surface area contributed by atoms with E-state index >= 15 is 0 Å². The van der Waals surface area contributed by atoms with Gasteiger partial charge in [0.1, 0.15) is 11.8 Å². The van der Waals surface area contributed by atoms with Gasteiger partial charge in [-0.15, -0.1) is 0 Å². The summed E-state index contributed by atoms with van der Waals surface area (Å²) in [6.07, 6.45) is 4.48. The molecule has 5 nitrogen and oxygen atoms in total. The fourth-order valence-electron chi connectivity index (χ4n) is 5.13. The second-order valence-corrected chi connectivity index (χ2v) is 11.3. The smallest absolute Gasteiger partial charge is 0.261 e. The zero-order chi connectivity index (χ0) is 27.9. The van der Waals surface area contributed by atoms with Crippen molar-refractivity contribution in [2.75, 3.05) is 6.61 Å². The SMILES string of the molecule is Cc1cc(C)c(C)c(OCC(=O)N(Cc2ccc(Cl)cc2Cl)C(Cc2ccccc2)C(=O)NC2CCCC2)c1. The minimum absolute atomic E-state index is 0.126. The third-order valence-electron chi connectivity index (χ3n) is 7.44. The first-order chi connectivity index (χ1) is 18.7. The largest absolute Gasteiger partial charge is 0.483 e. The highest BCUT2D eigenvalue weighted by Crippen LogP contribution is 2.26. The first-order valence-electron chi connectivity index (χ1n) is 13.5. The Morgan fingerprint density at radius 2 is 1.72 bits per heavy atom. The first kappa shape index (κ1) is 29.0. The van der Waals surface area contributed by atoms with Gasteiger partial charge in [0.2, 0.25) is 5.91 Å². The summed E-state index contributed by atoms with van der Waals surface area (Å²) in [6, 6.07) is 18.4. The Balaban J connectivity index is 1.66. The predicted octanol–water partition coefficient (Wildman–Crippen LogP) is 7.00. The number of hydrogen-bond donors (Lipinski definition) is 1. The summed E-state index contributed by atoms with van der Waals surface area (Å²) in [4.78, 5) is 29.3. The summed E-state index contributed by atoms with van der Waals surface area (Å²) in [5.41, 5.74) is 4.82. The average molecular weight is 568 g/mol. The van der Waals surface area contributed by atoms with Crippen molar-refractivity contribution < 1.29 is 14.3 Å². The lowest BCUT2D eigenvalue weighted by Crippen LogP contribution is -2.53. The monoisotopic (exact) mass is 566 g/mol. The van der Waals surface area contributed by atoms with E-state index in [0.717, 1.165) is 47.9 Å². The molecule has 0 aromatic heterocycles. The van der Waals surface area contributed by atoms with Gasteiger partial charge in [0, 0.05) is 29.1 Å².